The Kier molecular flexibility index (Phi) is 7.79. The maximum atomic E-state index is 13.2. The molecule has 4 aromatic rings. The molecule has 164 valence electrons. The molecule has 1 amide bonds. The summed E-state index contributed by atoms with van der Waals surface area (Å²) in [4.78, 5) is 25.2. The summed E-state index contributed by atoms with van der Waals surface area (Å²) in [6, 6.07) is 18.0. The van der Waals surface area contributed by atoms with Crippen LogP contribution < -0.4 is 4.90 Å². The Morgan fingerprint density at radius 3 is 2.72 bits per heavy atom. The number of thioether (sulfide) groups is 1. The molecule has 0 radical (unpaired) electrons. The molecule has 2 aromatic carbocycles. The van der Waals surface area contributed by atoms with E-state index in [1.54, 1.807) is 40.4 Å². The number of pyridine rings is 1. The molecule has 4 rings (SSSR count). The molecule has 2 aromatic heterocycles. The summed E-state index contributed by atoms with van der Waals surface area (Å²) in [5, 5.41) is 1.48. The number of halogens is 1. The molecule has 2 heterocycles. The van der Waals surface area contributed by atoms with E-state index >= 15 is 0 Å². The van der Waals surface area contributed by atoms with Gasteiger partial charge in [0.05, 0.1) is 16.8 Å². The predicted molar refractivity (Wildman–Crippen MR) is 136 cm³/mol. The number of hydrogen-bond acceptors (Lipinski definition) is 5. The van der Waals surface area contributed by atoms with Crippen LogP contribution in [0.2, 0.25) is 5.02 Å². The number of rotatable bonds is 9. The smallest absolute Gasteiger partial charge is 0.229 e. The number of aryl methyl sites for hydroxylation is 1. The largest absolute Gasteiger partial charge is 0.284 e. The molecule has 0 fully saturated rings. The van der Waals surface area contributed by atoms with Gasteiger partial charge in [-0.3, -0.25) is 14.7 Å². The Bertz CT molecular complexity index is 1180. The van der Waals surface area contributed by atoms with E-state index < -0.39 is 0 Å². The first-order valence-corrected chi connectivity index (χ1v) is 12.8. The van der Waals surface area contributed by atoms with Gasteiger partial charge in [0.1, 0.15) is 0 Å². The highest BCUT2D eigenvalue weighted by Crippen LogP contribution is 2.31. The highest BCUT2D eigenvalue weighted by atomic mass is 35.5. The summed E-state index contributed by atoms with van der Waals surface area (Å²) < 4.78 is 1.11. The van der Waals surface area contributed by atoms with Crippen LogP contribution in [0.1, 0.15) is 30.9 Å². The van der Waals surface area contributed by atoms with Gasteiger partial charge in [0.15, 0.2) is 5.13 Å². The average Bonchev–Trinajstić information content (AvgIpc) is 3.25. The number of anilines is 1. The van der Waals surface area contributed by atoms with Crippen LogP contribution in [0.4, 0.5) is 5.13 Å². The van der Waals surface area contributed by atoms with Crippen LogP contribution in [0.25, 0.3) is 10.2 Å². The van der Waals surface area contributed by atoms with Gasteiger partial charge in [-0.1, -0.05) is 42.0 Å². The van der Waals surface area contributed by atoms with Gasteiger partial charge >= 0.3 is 0 Å². The molecule has 0 atom stereocenters. The molecule has 0 bridgehead atoms. The zero-order chi connectivity index (χ0) is 22.3. The van der Waals surface area contributed by atoms with Gasteiger partial charge < -0.3 is 0 Å². The van der Waals surface area contributed by atoms with Gasteiger partial charge in [0.2, 0.25) is 5.91 Å². The number of hydrogen-bond donors (Lipinski definition) is 0. The lowest BCUT2D eigenvalue weighted by atomic mass is 10.2. The minimum atomic E-state index is 0.0836. The third-order valence-corrected chi connectivity index (χ3v) is 7.45. The molecule has 4 nitrogen and oxygen atoms in total. The van der Waals surface area contributed by atoms with Crippen LogP contribution in [0.3, 0.4) is 0 Å². The Hall–Kier alpha value is -2.41. The quantitative estimate of drug-likeness (QED) is 0.190. The topological polar surface area (TPSA) is 46.1 Å². The molecule has 32 heavy (non-hydrogen) atoms. The second-order valence-electron chi connectivity index (χ2n) is 7.40. The van der Waals surface area contributed by atoms with E-state index in [1.807, 2.05) is 42.5 Å². The van der Waals surface area contributed by atoms with Crippen LogP contribution in [-0.2, 0) is 17.8 Å². The van der Waals surface area contributed by atoms with Crippen LogP contribution in [-0.4, -0.2) is 21.6 Å². The maximum Gasteiger partial charge on any atom is 0.229 e. The fourth-order valence-electron chi connectivity index (χ4n) is 3.31. The summed E-state index contributed by atoms with van der Waals surface area (Å²) in [6.45, 7) is 2.61. The van der Waals surface area contributed by atoms with E-state index in [4.69, 9.17) is 16.6 Å². The van der Waals surface area contributed by atoms with Gasteiger partial charge in [-0.15, -0.1) is 11.8 Å². The Morgan fingerprint density at radius 2 is 1.97 bits per heavy atom. The number of amides is 1. The zero-order valence-corrected chi connectivity index (χ0v) is 20.2. The highest BCUT2D eigenvalue weighted by molar-refractivity contribution is 7.99. The minimum absolute atomic E-state index is 0.0836. The lowest BCUT2D eigenvalue weighted by Crippen LogP contribution is -2.30. The van der Waals surface area contributed by atoms with Crippen LogP contribution in [0, 0.1) is 0 Å². The normalized spacial score (nSPS) is 11.1. The zero-order valence-electron chi connectivity index (χ0n) is 17.8. The summed E-state index contributed by atoms with van der Waals surface area (Å²) in [7, 11) is 0. The SMILES string of the molecule is CCc1ccc2nc(N(Cc3cccnc3)C(=O)CCCSc3ccc(Cl)cc3)sc2c1. The van der Waals surface area contributed by atoms with Crippen molar-refractivity contribution in [1.29, 1.82) is 0 Å². The summed E-state index contributed by atoms with van der Waals surface area (Å²) in [6.07, 6.45) is 5.79. The number of nitrogens with zero attached hydrogens (tertiary/aromatic N) is 3. The Balaban J connectivity index is 1.47. The van der Waals surface area contributed by atoms with Crippen molar-refractivity contribution < 1.29 is 4.79 Å². The molecular formula is C25H24ClN3OS2. The van der Waals surface area contributed by atoms with Gasteiger partial charge in [-0.05, 0) is 72.2 Å². The van der Waals surface area contributed by atoms with Crippen LogP contribution >= 0.6 is 34.7 Å². The molecule has 0 N–H and O–H groups in total. The van der Waals surface area contributed by atoms with E-state index in [9.17, 15) is 4.79 Å². The average molecular weight is 482 g/mol. The summed E-state index contributed by atoms with van der Waals surface area (Å²) in [5.74, 6) is 0.952. The first kappa shape index (κ1) is 22.8. The molecule has 0 unspecified atom stereocenters. The summed E-state index contributed by atoms with van der Waals surface area (Å²) >= 11 is 9.27. The fourth-order valence-corrected chi connectivity index (χ4v) is 5.33. The molecular weight excluding hydrogens is 458 g/mol. The molecule has 0 aliphatic rings. The molecule has 0 aliphatic carbocycles. The van der Waals surface area contributed by atoms with Crippen molar-refractivity contribution in [2.45, 2.75) is 37.6 Å². The van der Waals surface area contributed by atoms with Crippen molar-refractivity contribution in [3.05, 3.63) is 83.1 Å². The number of benzene rings is 2. The van der Waals surface area contributed by atoms with E-state index in [0.29, 0.717) is 13.0 Å². The number of thiazole rings is 1. The van der Waals surface area contributed by atoms with Crippen molar-refractivity contribution in [2.24, 2.45) is 0 Å². The second kappa shape index (κ2) is 10.9. The van der Waals surface area contributed by atoms with Gasteiger partial charge in [0.25, 0.3) is 0 Å². The third kappa shape index (κ3) is 5.88. The first-order chi connectivity index (χ1) is 15.6. The van der Waals surface area contributed by atoms with Crippen molar-refractivity contribution in [1.82, 2.24) is 9.97 Å². The van der Waals surface area contributed by atoms with E-state index in [0.717, 1.165) is 49.4 Å². The standard InChI is InChI=1S/C25H24ClN3OS2/c1-2-18-7-12-22-23(15-18)32-25(28-22)29(17-19-5-3-13-27-16-19)24(30)6-4-14-31-21-10-8-20(26)9-11-21/h3,5,7-13,15-16H,2,4,6,14,17H2,1H3. The van der Waals surface area contributed by atoms with Crippen molar-refractivity contribution in [3.8, 4) is 0 Å². The lowest BCUT2D eigenvalue weighted by molar-refractivity contribution is -0.118. The number of carbonyl (C=O) groups excluding carboxylic acids is 1. The molecule has 7 heteroatoms. The number of carbonyl (C=O) groups is 1. The number of fused-ring (bicyclic) bond motifs is 1. The van der Waals surface area contributed by atoms with Gasteiger partial charge in [-0.25, -0.2) is 4.98 Å². The van der Waals surface area contributed by atoms with Gasteiger partial charge in [0, 0.05) is 28.7 Å². The van der Waals surface area contributed by atoms with E-state index in [1.165, 1.54) is 5.56 Å². The lowest BCUT2D eigenvalue weighted by Gasteiger charge is -2.20. The molecule has 0 aliphatic heterocycles. The van der Waals surface area contributed by atoms with Crippen LogP contribution in [0.5, 0.6) is 0 Å². The maximum absolute atomic E-state index is 13.2. The molecule has 0 saturated carbocycles. The van der Waals surface area contributed by atoms with Crippen molar-refractivity contribution in [2.75, 3.05) is 10.7 Å². The Labute approximate surface area is 201 Å². The molecule has 0 saturated heterocycles. The molecule has 0 spiro atoms. The monoisotopic (exact) mass is 481 g/mol. The van der Waals surface area contributed by atoms with Crippen molar-refractivity contribution in [3.63, 3.8) is 0 Å². The summed E-state index contributed by atoms with van der Waals surface area (Å²) in [5.41, 5.74) is 3.20. The van der Waals surface area contributed by atoms with Crippen LogP contribution in [0.15, 0.2) is 71.9 Å². The second-order valence-corrected chi connectivity index (χ2v) is 10.0. The Morgan fingerprint density at radius 1 is 1.12 bits per heavy atom. The highest BCUT2D eigenvalue weighted by Gasteiger charge is 2.20. The number of aromatic nitrogens is 2. The predicted octanol–water partition coefficient (Wildman–Crippen LogP) is 7.01. The van der Waals surface area contributed by atoms with E-state index in [2.05, 4.69) is 24.0 Å². The van der Waals surface area contributed by atoms with E-state index in [-0.39, 0.29) is 5.91 Å². The van der Waals surface area contributed by atoms with Crippen molar-refractivity contribution >= 4 is 56.0 Å². The fraction of sp³-hybridized carbons (Fsp3) is 0.240. The first-order valence-electron chi connectivity index (χ1n) is 10.6. The minimum Gasteiger partial charge on any atom is -0.284 e. The van der Waals surface area contributed by atoms with Gasteiger partial charge in [-0.2, -0.15) is 0 Å². The third-order valence-electron chi connectivity index (χ3n) is 5.06.